The van der Waals surface area contributed by atoms with Crippen LogP contribution in [0.3, 0.4) is 0 Å². The van der Waals surface area contributed by atoms with Gasteiger partial charge < -0.3 is 10.2 Å². The summed E-state index contributed by atoms with van der Waals surface area (Å²) in [6.07, 6.45) is 12.9. The fourth-order valence-electron chi connectivity index (χ4n) is 2.61. The number of thioether (sulfide) groups is 1. The van der Waals surface area contributed by atoms with Gasteiger partial charge in [-0.1, -0.05) is 38.2 Å². The van der Waals surface area contributed by atoms with Crippen molar-refractivity contribution in [3.05, 3.63) is 12.7 Å². The van der Waals surface area contributed by atoms with E-state index in [0.717, 1.165) is 0 Å². The maximum atomic E-state index is 3.76. The minimum Gasteiger partial charge on any atom is -0.315 e. The predicted molar refractivity (Wildman–Crippen MR) is 93.8 cm³/mol. The summed E-state index contributed by atoms with van der Waals surface area (Å²) < 4.78 is 0. The number of hydrogen-bond acceptors (Lipinski definition) is 3. The largest absolute Gasteiger partial charge is 0.315 e. The highest BCUT2D eigenvalue weighted by Crippen LogP contribution is 2.09. The molecule has 0 bridgehead atoms. The van der Waals surface area contributed by atoms with Crippen molar-refractivity contribution in [1.82, 2.24) is 10.2 Å². The smallest absolute Gasteiger partial charge is 0.0107 e. The summed E-state index contributed by atoms with van der Waals surface area (Å²) >= 11 is 2.09. The Morgan fingerprint density at radius 3 is 2.25 bits per heavy atom. The summed E-state index contributed by atoms with van der Waals surface area (Å²) in [6.45, 7) is 9.96. The van der Waals surface area contributed by atoms with E-state index in [1.165, 1.54) is 95.6 Å². The lowest BCUT2D eigenvalue weighted by atomic mass is 10.1. The Balaban J connectivity index is 1.71. The molecule has 1 N–H and O–H groups in total. The lowest BCUT2D eigenvalue weighted by molar-refractivity contribution is 0.301. The Kier molecular flexibility index (Phi) is 12.6. The molecule has 1 rings (SSSR count). The molecule has 1 saturated heterocycles. The fraction of sp³-hybridized carbons (Fsp3) is 0.882. The molecule has 0 aliphatic carbocycles. The normalized spacial score (nSPS) is 16.4. The van der Waals surface area contributed by atoms with Crippen LogP contribution in [0.25, 0.3) is 0 Å². The highest BCUT2D eigenvalue weighted by atomic mass is 32.2. The van der Waals surface area contributed by atoms with E-state index in [1.807, 2.05) is 6.08 Å². The van der Waals surface area contributed by atoms with Crippen molar-refractivity contribution >= 4 is 11.8 Å². The third-order valence-corrected chi connectivity index (χ3v) is 4.91. The lowest BCUT2D eigenvalue weighted by Crippen LogP contribution is -2.37. The molecule has 1 fully saturated rings. The summed E-state index contributed by atoms with van der Waals surface area (Å²) in [5.74, 6) is 2.65. The molecule has 0 saturated carbocycles. The molecular weight excluding hydrogens is 264 g/mol. The van der Waals surface area contributed by atoms with Crippen LogP contribution in [0, 0.1) is 0 Å². The summed E-state index contributed by atoms with van der Waals surface area (Å²) in [5.41, 5.74) is 0. The molecule has 0 radical (unpaired) electrons. The third kappa shape index (κ3) is 10.8. The van der Waals surface area contributed by atoms with E-state index in [-0.39, 0.29) is 0 Å². The molecular formula is C17H34N2S. The SMILES string of the molecule is C=CCCCCCCCCCNCCN1CCSCC1. The van der Waals surface area contributed by atoms with Gasteiger partial charge in [-0.25, -0.2) is 0 Å². The second kappa shape index (κ2) is 14.0. The molecule has 0 atom stereocenters. The molecule has 1 aliphatic rings. The van der Waals surface area contributed by atoms with Gasteiger partial charge in [0.05, 0.1) is 0 Å². The van der Waals surface area contributed by atoms with Crippen LogP contribution < -0.4 is 5.32 Å². The molecule has 1 aliphatic heterocycles. The summed E-state index contributed by atoms with van der Waals surface area (Å²) in [5, 5.41) is 3.59. The summed E-state index contributed by atoms with van der Waals surface area (Å²) in [4.78, 5) is 2.59. The summed E-state index contributed by atoms with van der Waals surface area (Å²) in [6, 6.07) is 0. The molecule has 3 heteroatoms. The van der Waals surface area contributed by atoms with Crippen molar-refractivity contribution in [2.75, 3.05) is 44.2 Å². The van der Waals surface area contributed by atoms with Crippen molar-refractivity contribution in [2.24, 2.45) is 0 Å². The first-order chi connectivity index (χ1) is 9.93. The predicted octanol–water partition coefficient (Wildman–Crippen LogP) is 3.93. The standard InChI is InChI=1S/C17H34N2S/c1-2-3-4-5-6-7-8-9-10-11-18-12-13-19-14-16-20-17-15-19/h2,18H,1,3-17H2. The highest BCUT2D eigenvalue weighted by molar-refractivity contribution is 7.99. The number of unbranched alkanes of at least 4 members (excludes halogenated alkanes) is 7. The van der Waals surface area contributed by atoms with Crippen LogP contribution in [-0.4, -0.2) is 49.1 Å². The van der Waals surface area contributed by atoms with Gasteiger partial charge in [0.1, 0.15) is 0 Å². The van der Waals surface area contributed by atoms with Crippen LogP contribution >= 0.6 is 11.8 Å². The van der Waals surface area contributed by atoms with E-state index in [0.29, 0.717) is 0 Å². The van der Waals surface area contributed by atoms with Gasteiger partial charge >= 0.3 is 0 Å². The maximum Gasteiger partial charge on any atom is 0.0107 e. The number of hydrogen-bond donors (Lipinski definition) is 1. The van der Waals surface area contributed by atoms with Gasteiger partial charge in [0.25, 0.3) is 0 Å². The zero-order valence-corrected chi connectivity index (χ0v) is 14.1. The van der Waals surface area contributed by atoms with Gasteiger partial charge in [-0.05, 0) is 25.8 Å². The number of rotatable bonds is 13. The molecule has 0 unspecified atom stereocenters. The second-order valence-corrected chi connectivity index (χ2v) is 6.98. The first-order valence-electron chi connectivity index (χ1n) is 8.55. The van der Waals surface area contributed by atoms with Crippen LogP contribution in [-0.2, 0) is 0 Å². The number of nitrogens with one attached hydrogen (secondary N) is 1. The van der Waals surface area contributed by atoms with Gasteiger partial charge in [0.2, 0.25) is 0 Å². The van der Waals surface area contributed by atoms with Gasteiger partial charge in [0.15, 0.2) is 0 Å². The quantitative estimate of drug-likeness (QED) is 0.410. The van der Waals surface area contributed by atoms with Crippen LogP contribution in [0.5, 0.6) is 0 Å². The van der Waals surface area contributed by atoms with Gasteiger partial charge in [-0.2, -0.15) is 11.8 Å². The first-order valence-corrected chi connectivity index (χ1v) is 9.70. The number of nitrogens with zero attached hydrogens (tertiary/aromatic N) is 1. The molecule has 0 aromatic rings. The summed E-state index contributed by atoms with van der Waals surface area (Å²) in [7, 11) is 0. The van der Waals surface area contributed by atoms with E-state index >= 15 is 0 Å². The second-order valence-electron chi connectivity index (χ2n) is 5.76. The van der Waals surface area contributed by atoms with E-state index in [2.05, 4.69) is 28.6 Å². The average molecular weight is 299 g/mol. The van der Waals surface area contributed by atoms with Gasteiger partial charge in [0, 0.05) is 37.7 Å². The topological polar surface area (TPSA) is 15.3 Å². The van der Waals surface area contributed by atoms with Crippen molar-refractivity contribution in [3.63, 3.8) is 0 Å². The van der Waals surface area contributed by atoms with Gasteiger partial charge in [-0.3, -0.25) is 0 Å². The van der Waals surface area contributed by atoms with Crippen molar-refractivity contribution in [3.8, 4) is 0 Å². The zero-order valence-electron chi connectivity index (χ0n) is 13.2. The van der Waals surface area contributed by atoms with Crippen molar-refractivity contribution in [2.45, 2.75) is 51.4 Å². The Labute approximate surface area is 130 Å². The number of allylic oxidation sites excluding steroid dienone is 1. The van der Waals surface area contributed by atoms with Crippen molar-refractivity contribution in [1.29, 1.82) is 0 Å². The highest BCUT2D eigenvalue weighted by Gasteiger charge is 2.08. The Bertz CT molecular complexity index is 215. The first kappa shape index (κ1) is 18.1. The van der Waals surface area contributed by atoms with Gasteiger partial charge in [-0.15, -0.1) is 6.58 Å². The molecule has 0 spiro atoms. The average Bonchev–Trinajstić information content (AvgIpc) is 2.49. The fourth-order valence-corrected chi connectivity index (χ4v) is 3.59. The zero-order chi connectivity index (χ0) is 14.3. The molecule has 118 valence electrons. The molecule has 20 heavy (non-hydrogen) atoms. The minimum absolute atomic E-state index is 1.17. The Hall–Kier alpha value is 0.0100. The van der Waals surface area contributed by atoms with Crippen molar-refractivity contribution < 1.29 is 0 Å². The lowest BCUT2D eigenvalue weighted by Gasteiger charge is -2.26. The minimum atomic E-state index is 1.17. The van der Waals surface area contributed by atoms with Crippen LogP contribution in [0.4, 0.5) is 0 Å². The monoisotopic (exact) mass is 298 g/mol. The van der Waals surface area contributed by atoms with Crippen LogP contribution in [0.2, 0.25) is 0 Å². The van der Waals surface area contributed by atoms with E-state index in [1.54, 1.807) is 0 Å². The Morgan fingerprint density at radius 2 is 1.55 bits per heavy atom. The Morgan fingerprint density at radius 1 is 0.900 bits per heavy atom. The van der Waals surface area contributed by atoms with Crippen LogP contribution in [0.1, 0.15) is 51.4 Å². The molecule has 0 aromatic carbocycles. The van der Waals surface area contributed by atoms with E-state index in [4.69, 9.17) is 0 Å². The molecule has 0 amide bonds. The van der Waals surface area contributed by atoms with E-state index in [9.17, 15) is 0 Å². The third-order valence-electron chi connectivity index (χ3n) is 3.97. The molecule has 1 heterocycles. The van der Waals surface area contributed by atoms with E-state index < -0.39 is 0 Å². The molecule has 2 nitrogen and oxygen atoms in total. The maximum absolute atomic E-state index is 3.76. The van der Waals surface area contributed by atoms with Crippen LogP contribution in [0.15, 0.2) is 12.7 Å². The molecule has 0 aromatic heterocycles.